The van der Waals surface area contributed by atoms with Gasteiger partial charge < -0.3 is 25.4 Å². The first kappa shape index (κ1) is 21.9. The standard InChI is InChI=1S/C29H28N6O2/c1-17-26(20-7-2-3-8-21(20)30-17)29(37)35-15-18-13-34(14-19(18)16-35)28(36)25-12-6-11-24(31-25)27-32-22-9-4-5-10-23(22)33-27/h2-12,18-19,27,30,32-33H,13-16H2,1H3. The lowest BCUT2D eigenvalue weighted by molar-refractivity contribution is 0.0736. The fourth-order valence-corrected chi connectivity index (χ4v) is 6.16. The summed E-state index contributed by atoms with van der Waals surface area (Å²) >= 11 is 0. The molecule has 0 radical (unpaired) electrons. The van der Waals surface area contributed by atoms with Gasteiger partial charge in [-0.3, -0.25) is 9.59 Å². The van der Waals surface area contributed by atoms with Crippen LogP contribution < -0.4 is 10.6 Å². The quantitative estimate of drug-likeness (QED) is 0.398. The third-order valence-corrected chi connectivity index (χ3v) is 7.98. The number of anilines is 2. The number of likely N-dealkylation sites (tertiary alicyclic amines) is 2. The van der Waals surface area contributed by atoms with E-state index < -0.39 is 0 Å². The number of nitrogens with one attached hydrogen (secondary N) is 3. The largest absolute Gasteiger partial charge is 0.359 e. The van der Waals surface area contributed by atoms with Crippen LogP contribution in [0.1, 0.15) is 38.4 Å². The maximum atomic E-state index is 13.5. The first-order chi connectivity index (χ1) is 18.0. The topological polar surface area (TPSA) is 93.4 Å². The molecule has 2 aromatic heterocycles. The lowest BCUT2D eigenvalue weighted by Crippen LogP contribution is -2.36. The van der Waals surface area contributed by atoms with Crippen molar-refractivity contribution in [1.82, 2.24) is 19.8 Å². The number of benzene rings is 2. The number of nitrogens with zero attached hydrogens (tertiary/aromatic N) is 3. The van der Waals surface area contributed by atoms with Crippen molar-refractivity contribution in [3.63, 3.8) is 0 Å². The summed E-state index contributed by atoms with van der Waals surface area (Å²) < 4.78 is 0. The Labute approximate surface area is 214 Å². The highest BCUT2D eigenvalue weighted by Gasteiger charge is 2.44. The fourth-order valence-electron chi connectivity index (χ4n) is 6.16. The molecule has 3 aliphatic rings. The zero-order chi connectivity index (χ0) is 25.1. The van der Waals surface area contributed by atoms with Gasteiger partial charge in [-0.15, -0.1) is 0 Å². The number of pyridine rings is 1. The maximum Gasteiger partial charge on any atom is 0.272 e. The Kier molecular flexibility index (Phi) is 4.96. The second-order valence-electron chi connectivity index (χ2n) is 10.3. The lowest BCUT2D eigenvalue weighted by Gasteiger charge is -2.22. The predicted octanol–water partition coefficient (Wildman–Crippen LogP) is 4.25. The van der Waals surface area contributed by atoms with E-state index in [0.29, 0.717) is 31.9 Å². The molecule has 2 unspecified atom stereocenters. The van der Waals surface area contributed by atoms with Gasteiger partial charge in [0, 0.05) is 54.6 Å². The monoisotopic (exact) mass is 492 g/mol. The molecule has 7 rings (SSSR count). The van der Waals surface area contributed by atoms with Crippen LogP contribution in [0.4, 0.5) is 11.4 Å². The van der Waals surface area contributed by atoms with Gasteiger partial charge in [0.25, 0.3) is 11.8 Å². The highest BCUT2D eigenvalue weighted by atomic mass is 16.2. The smallest absolute Gasteiger partial charge is 0.272 e. The number of aryl methyl sites for hydroxylation is 1. The van der Waals surface area contributed by atoms with Gasteiger partial charge >= 0.3 is 0 Å². The molecule has 186 valence electrons. The van der Waals surface area contributed by atoms with E-state index in [-0.39, 0.29) is 29.8 Å². The summed E-state index contributed by atoms with van der Waals surface area (Å²) in [6.07, 6.45) is -0.171. The number of aromatic amines is 1. The fraction of sp³-hybridized carbons (Fsp3) is 0.276. The number of fused-ring (bicyclic) bond motifs is 3. The Morgan fingerprint density at radius 2 is 1.41 bits per heavy atom. The maximum absolute atomic E-state index is 13.5. The number of amides is 2. The van der Waals surface area contributed by atoms with Crippen molar-refractivity contribution < 1.29 is 9.59 Å². The Balaban J connectivity index is 1.03. The van der Waals surface area contributed by atoms with Crippen LogP contribution in [0.2, 0.25) is 0 Å². The number of H-pyrrole nitrogens is 1. The van der Waals surface area contributed by atoms with Crippen molar-refractivity contribution in [2.45, 2.75) is 13.1 Å². The van der Waals surface area contributed by atoms with E-state index >= 15 is 0 Å². The number of para-hydroxylation sites is 3. The van der Waals surface area contributed by atoms with E-state index in [1.807, 2.05) is 77.4 Å². The van der Waals surface area contributed by atoms with Crippen molar-refractivity contribution in [2.24, 2.45) is 11.8 Å². The molecule has 0 spiro atoms. The van der Waals surface area contributed by atoms with Crippen LogP contribution in [0.3, 0.4) is 0 Å². The van der Waals surface area contributed by atoms with Crippen LogP contribution in [0.5, 0.6) is 0 Å². The second kappa shape index (κ2) is 8.37. The van der Waals surface area contributed by atoms with Gasteiger partial charge in [-0.2, -0.15) is 0 Å². The molecule has 2 saturated heterocycles. The first-order valence-electron chi connectivity index (χ1n) is 12.8. The van der Waals surface area contributed by atoms with Gasteiger partial charge in [0.2, 0.25) is 0 Å². The summed E-state index contributed by atoms with van der Waals surface area (Å²) in [6.45, 7) is 4.61. The number of hydrogen-bond acceptors (Lipinski definition) is 5. The minimum Gasteiger partial charge on any atom is -0.359 e. The zero-order valence-electron chi connectivity index (χ0n) is 20.6. The molecule has 2 aromatic carbocycles. The van der Waals surface area contributed by atoms with Gasteiger partial charge in [0.15, 0.2) is 0 Å². The molecular formula is C29H28N6O2. The Bertz CT molecular complexity index is 1510. The Hall–Kier alpha value is -4.33. The summed E-state index contributed by atoms with van der Waals surface area (Å²) in [6, 6.07) is 21.6. The summed E-state index contributed by atoms with van der Waals surface area (Å²) in [5, 5.41) is 7.82. The molecule has 0 aliphatic carbocycles. The number of aromatic nitrogens is 2. The molecular weight excluding hydrogens is 464 g/mol. The van der Waals surface area contributed by atoms with Crippen molar-refractivity contribution >= 4 is 34.1 Å². The molecule has 37 heavy (non-hydrogen) atoms. The van der Waals surface area contributed by atoms with E-state index in [4.69, 9.17) is 4.98 Å². The summed E-state index contributed by atoms with van der Waals surface area (Å²) in [5.74, 6) is 0.606. The van der Waals surface area contributed by atoms with Crippen LogP contribution in [-0.4, -0.2) is 57.8 Å². The van der Waals surface area contributed by atoms with E-state index in [1.165, 1.54) is 0 Å². The zero-order valence-corrected chi connectivity index (χ0v) is 20.6. The summed E-state index contributed by atoms with van der Waals surface area (Å²) in [5.41, 5.74) is 5.95. The van der Waals surface area contributed by atoms with Gasteiger partial charge in [-0.25, -0.2) is 4.98 Å². The van der Waals surface area contributed by atoms with Crippen LogP contribution in [0.25, 0.3) is 10.9 Å². The molecule has 2 amide bonds. The summed E-state index contributed by atoms with van der Waals surface area (Å²) in [7, 11) is 0. The molecule has 3 N–H and O–H groups in total. The lowest BCUT2D eigenvalue weighted by atomic mass is 10.0. The number of carbonyl (C=O) groups excluding carboxylic acids is 2. The van der Waals surface area contributed by atoms with Gasteiger partial charge in [0.05, 0.1) is 22.6 Å². The highest BCUT2D eigenvalue weighted by molar-refractivity contribution is 6.08. The molecule has 3 aliphatic heterocycles. The Morgan fingerprint density at radius 1 is 0.784 bits per heavy atom. The van der Waals surface area contributed by atoms with Crippen LogP contribution in [-0.2, 0) is 0 Å². The van der Waals surface area contributed by atoms with Gasteiger partial charge in [0.1, 0.15) is 11.9 Å². The van der Waals surface area contributed by atoms with Crippen LogP contribution >= 0.6 is 0 Å². The SMILES string of the molecule is Cc1[nH]c2ccccc2c1C(=O)N1CC2CN(C(=O)c3cccc(C4Nc5ccccc5N4)n3)CC2C1. The summed E-state index contributed by atoms with van der Waals surface area (Å²) in [4.78, 5) is 38.8. The number of carbonyl (C=O) groups is 2. The second-order valence-corrected chi connectivity index (χ2v) is 10.3. The Morgan fingerprint density at radius 3 is 2.11 bits per heavy atom. The average molecular weight is 493 g/mol. The van der Waals surface area contributed by atoms with Gasteiger partial charge in [-0.05, 0) is 37.3 Å². The predicted molar refractivity (Wildman–Crippen MR) is 142 cm³/mol. The van der Waals surface area contributed by atoms with E-state index in [1.54, 1.807) is 6.07 Å². The van der Waals surface area contributed by atoms with E-state index in [2.05, 4.69) is 15.6 Å². The first-order valence-corrected chi connectivity index (χ1v) is 12.8. The molecule has 2 fully saturated rings. The minimum atomic E-state index is -0.171. The van der Waals surface area contributed by atoms with Crippen LogP contribution in [0, 0.1) is 18.8 Å². The molecule has 0 bridgehead atoms. The van der Waals surface area contributed by atoms with Crippen molar-refractivity contribution in [2.75, 3.05) is 36.8 Å². The molecule has 5 heterocycles. The normalized spacial score (nSPS) is 20.6. The molecule has 8 nitrogen and oxygen atoms in total. The number of rotatable bonds is 3. The van der Waals surface area contributed by atoms with Gasteiger partial charge in [-0.1, -0.05) is 36.4 Å². The van der Waals surface area contributed by atoms with Crippen LogP contribution in [0.15, 0.2) is 66.7 Å². The molecule has 0 saturated carbocycles. The van der Waals surface area contributed by atoms with E-state index in [9.17, 15) is 9.59 Å². The van der Waals surface area contributed by atoms with Crippen molar-refractivity contribution in [3.8, 4) is 0 Å². The molecule has 4 aromatic rings. The average Bonchev–Trinajstić information content (AvgIpc) is 3.68. The van der Waals surface area contributed by atoms with E-state index in [0.717, 1.165) is 39.2 Å². The highest BCUT2D eigenvalue weighted by Crippen LogP contribution is 2.36. The molecule has 2 atom stereocenters. The third kappa shape index (κ3) is 3.63. The molecule has 8 heteroatoms. The minimum absolute atomic E-state index is 0.0443. The number of hydrogen-bond donors (Lipinski definition) is 3. The van der Waals surface area contributed by atoms with Crippen molar-refractivity contribution in [3.05, 3.63) is 89.4 Å². The third-order valence-electron chi connectivity index (χ3n) is 7.98. The van der Waals surface area contributed by atoms with Crippen molar-refractivity contribution in [1.29, 1.82) is 0 Å².